The molecule has 2 aromatic rings. The first-order chi connectivity index (χ1) is 6.68. The highest BCUT2D eigenvalue weighted by atomic mass is 127. The summed E-state index contributed by atoms with van der Waals surface area (Å²) in [4.78, 5) is 18.8. The minimum Gasteiger partial charge on any atom is -0.295 e. The van der Waals surface area contributed by atoms with E-state index in [4.69, 9.17) is 0 Å². The number of nitrogens with zero attached hydrogens (tertiary/aromatic N) is 4. The Morgan fingerprint density at radius 1 is 1.57 bits per heavy atom. The zero-order valence-electron chi connectivity index (χ0n) is 7.23. The van der Waals surface area contributed by atoms with Crippen molar-refractivity contribution in [1.82, 2.24) is 19.6 Å². The molecule has 0 bridgehead atoms. The Balaban J connectivity index is 2.59. The molecule has 0 saturated heterocycles. The van der Waals surface area contributed by atoms with E-state index in [0.717, 1.165) is 3.57 Å². The van der Waals surface area contributed by atoms with Gasteiger partial charge >= 0.3 is 0 Å². The lowest BCUT2D eigenvalue weighted by Crippen LogP contribution is -2.12. The van der Waals surface area contributed by atoms with Gasteiger partial charge in [0.15, 0.2) is 5.65 Å². The van der Waals surface area contributed by atoms with Crippen LogP contribution >= 0.6 is 22.6 Å². The molecular weight excluding hydrogens is 297 g/mol. The molecule has 0 unspecified atom stereocenters. The summed E-state index contributed by atoms with van der Waals surface area (Å²) in [6, 6.07) is 0. The highest BCUT2D eigenvalue weighted by Crippen LogP contribution is 2.12. The SMILES string of the molecule is CC(=O)Nc1ncnc2c(I)cnn12. The summed E-state index contributed by atoms with van der Waals surface area (Å²) in [7, 11) is 0. The molecule has 0 fully saturated rings. The second kappa shape index (κ2) is 3.48. The Kier molecular flexibility index (Phi) is 2.32. The molecule has 0 aliphatic heterocycles. The van der Waals surface area contributed by atoms with E-state index in [1.165, 1.54) is 17.8 Å². The smallest absolute Gasteiger partial charge is 0.234 e. The van der Waals surface area contributed by atoms with Gasteiger partial charge in [0.25, 0.3) is 0 Å². The Bertz CT molecular complexity index is 494. The number of amides is 1. The van der Waals surface area contributed by atoms with Crippen LogP contribution in [0.25, 0.3) is 5.65 Å². The van der Waals surface area contributed by atoms with Crippen molar-refractivity contribution in [2.24, 2.45) is 0 Å². The summed E-state index contributed by atoms with van der Waals surface area (Å²) in [5.41, 5.74) is 0.685. The van der Waals surface area contributed by atoms with Gasteiger partial charge in [-0.25, -0.2) is 9.97 Å². The van der Waals surface area contributed by atoms with Gasteiger partial charge in [-0.2, -0.15) is 9.61 Å². The monoisotopic (exact) mass is 303 g/mol. The third-order valence-electron chi connectivity index (χ3n) is 1.55. The van der Waals surface area contributed by atoms with Crippen molar-refractivity contribution in [2.75, 3.05) is 5.32 Å². The predicted molar refractivity (Wildman–Crippen MR) is 57.8 cm³/mol. The standard InChI is InChI=1S/C7H6IN5O/c1-4(14)12-7-10-3-9-6-5(8)2-11-13(6)7/h2-3H,1H3,(H,9,10,12,14). The molecule has 2 heterocycles. The van der Waals surface area contributed by atoms with Gasteiger partial charge in [0.2, 0.25) is 11.9 Å². The van der Waals surface area contributed by atoms with E-state index >= 15 is 0 Å². The number of aromatic nitrogens is 4. The molecule has 1 amide bonds. The van der Waals surface area contributed by atoms with E-state index in [1.807, 2.05) is 0 Å². The van der Waals surface area contributed by atoms with Gasteiger partial charge in [0.1, 0.15) is 6.33 Å². The quantitative estimate of drug-likeness (QED) is 0.787. The number of hydrogen-bond acceptors (Lipinski definition) is 4. The van der Waals surface area contributed by atoms with Gasteiger partial charge in [-0.05, 0) is 22.6 Å². The van der Waals surface area contributed by atoms with E-state index in [2.05, 4.69) is 43.0 Å². The summed E-state index contributed by atoms with van der Waals surface area (Å²) in [5, 5.41) is 6.61. The van der Waals surface area contributed by atoms with E-state index in [0.29, 0.717) is 11.6 Å². The first kappa shape index (κ1) is 9.31. The molecule has 1 N–H and O–H groups in total. The van der Waals surface area contributed by atoms with Gasteiger partial charge in [0, 0.05) is 6.92 Å². The number of anilines is 1. The molecule has 72 valence electrons. The van der Waals surface area contributed by atoms with Crippen LogP contribution in [-0.4, -0.2) is 25.5 Å². The number of fused-ring (bicyclic) bond motifs is 1. The molecule has 0 radical (unpaired) electrons. The van der Waals surface area contributed by atoms with Gasteiger partial charge < -0.3 is 0 Å². The lowest BCUT2D eigenvalue weighted by atomic mass is 10.6. The summed E-state index contributed by atoms with van der Waals surface area (Å²) >= 11 is 2.12. The van der Waals surface area contributed by atoms with E-state index in [-0.39, 0.29) is 5.91 Å². The number of carbonyl (C=O) groups excluding carboxylic acids is 1. The molecule has 2 rings (SSSR count). The van der Waals surface area contributed by atoms with Crippen molar-refractivity contribution in [3.8, 4) is 0 Å². The molecule has 0 aliphatic rings. The lowest BCUT2D eigenvalue weighted by Gasteiger charge is -2.01. The fourth-order valence-electron chi connectivity index (χ4n) is 1.03. The molecule has 0 spiro atoms. The molecular formula is C7H6IN5O. The second-order valence-electron chi connectivity index (χ2n) is 2.61. The van der Waals surface area contributed by atoms with Crippen LogP contribution in [0.3, 0.4) is 0 Å². The van der Waals surface area contributed by atoms with Gasteiger partial charge in [0.05, 0.1) is 9.77 Å². The van der Waals surface area contributed by atoms with E-state index in [9.17, 15) is 4.79 Å². The number of hydrogen-bond donors (Lipinski definition) is 1. The van der Waals surface area contributed by atoms with Gasteiger partial charge in [-0.3, -0.25) is 10.1 Å². The largest absolute Gasteiger partial charge is 0.295 e. The molecule has 0 aromatic carbocycles. The minimum absolute atomic E-state index is 0.185. The van der Waals surface area contributed by atoms with E-state index < -0.39 is 0 Å². The highest BCUT2D eigenvalue weighted by molar-refractivity contribution is 14.1. The van der Waals surface area contributed by atoms with Crippen LogP contribution in [-0.2, 0) is 4.79 Å². The number of halogens is 1. The summed E-state index contributed by atoms with van der Waals surface area (Å²) in [6.07, 6.45) is 3.06. The van der Waals surface area contributed by atoms with Crippen molar-refractivity contribution >= 4 is 40.1 Å². The van der Waals surface area contributed by atoms with Gasteiger partial charge in [-0.15, -0.1) is 0 Å². The van der Waals surface area contributed by atoms with Crippen molar-refractivity contribution in [2.45, 2.75) is 6.92 Å². The number of nitrogens with one attached hydrogen (secondary N) is 1. The van der Waals surface area contributed by atoms with Crippen LogP contribution in [0.2, 0.25) is 0 Å². The molecule has 14 heavy (non-hydrogen) atoms. The Morgan fingerprint density at radius 2 is 2.36 bits per heavy atom. The first-order valence-electron chi connectivity index (χ1n) is 3.80. The molecule has 2 aromatic heterocycles. The fraction of sp³-hybridized carbons (Fsp3) is 0.143. The molecule has 6 nitrogen and oxygen atoms in total. The molecule has 7 heteroatoms. The van der Waals surface area contributed by atoms with Crippen molar-refractivity contribution in [3.63, 3.8) is 0 Å². The first-order valence-corrected chi connectivity index (χ1v) is 4.88. The average Bonchev–Trinajstić information content (AvgIpc) is 2.49. The maximum Gasteiger partial charge on any atom is 0.234 e. The maximum absolute atomic E-state index is 10.8. The van der Waals surface area contributed by atoms with Gasteiger partial charge in [-0.1, -0.05) is 0 Å². The summed E-state index contributed by atoms with van der Waals surface area (Å²) in [6.45, 7) is 1.42. The fourth-order valence-corrected chi connectivity index (χ4v) is 1.52. The average molecular weight is 303 g/mol. The molecule has 0 aliphatic carbocycles. The van der Waals surface area contributed by atoms with Crippen LogP contribution in [0.4, 0.5) is 5.95 Å². The van der Waals surface area contributed by atoms with Crippen molar-refractivity contribution < 1.29 is 4.79 Å². The third kappa shape index (κ3) is 1.54. The Labute approximate surface area is 92.9 Å². The Hall–Kier alpha value is -1.25. The van der Waals surface area contributed by atoms with Crippen molar-refractivity contribution in [1.29, 1.82) is 0 Å². The summed E-state index contributed by atoms with van der Waals surface area (Å²) in [5.74, 6) is 0.195. The van der Waals surface area contributed by atoms with Crippen LogP contribution in [0.1, 0.15) is 6.92 Å². The maximum atomic E-state index is 10.8. The normalized spacial score (nSPS) is 10.4. The zero-order chi connectivity index (χ0) is 10.1. The lowest BCUT2D eigenvalue weighted by molar-refractivity contribution is -0.114. The second-order valence-corrected chi connectivity index (χ2v) is 3.77. The molecule has 0 atom stereocenters. The minimum atomic E-state index is -0.185. The molecule has 0 saturated carbocycles. The van der Waals surface area contributed by atoms with Crippen LogP contribution in [0.15, 0.2) is 12.5 Å². The zero-order valence-corrected chi connectivity index (χ0v) is 9.39. The highest BCUT2D eigenvalue weighted by Gasteiger charge is 2.07. The van der Waals surface area contributed by atoms with Crippen LogP contribution < -0.4 is 5.32 Å². The van der Waals surface area contributed by atoms with Crippen molar-refractivity contribution in [3.05, 3.63) is 16.1 Å². The van der Waals surface area contributed by atoms with Crippen LogP contribution in [0.5, 0.6) is 0 Å². The topological polar surface area (TPSA) is 72.2 Å². The number of rotatable bonds is 1. The summed E-state index contributed by atoms with van der Waals surface area (Å²) < 4.78 is 2.40. The number of carbonyl (C=O) groups is 1. The third-order valence-corrected chi connectivity index (χ3v) is 2.31. The Morgan fingerprint density at radius 3 is 3.07 bits per heavy atom. The van der Waals surface area contributed by atoms with Crippen LogP contribution in [0, 0.1) is 3.57 Å². The van der Waals surface area contributed by atoms with E-state index in [1.54, 1.807) is 6.20 Å². The predicted octanol–water partition coefficient (Wildman–Crippen LogP) is 0.687.